The fourth-order valence-corrected chi connectivity index (χ4v) is 5.93. The fourth-order valence-electron chi connectivity index (χ4n) is 5.93. The monoisotopic (exact) mass is 483 g/mol. The molecule has 0 aromatic heterocycles. The molecule has 0 saturated carbocycles. The number of nitrogens with zero attached hydrogens (tertiary/aromatic N) is 2. The van der Waals surface area contributed by atoms with E-state index in [4.69, 9.17) is 13.9 Å². The molecule has 0 amide bonds. The van der Waals surface area contributed by atoms with Crippen molar-refractivity contribution in [2.45, 2.75) is 38.5 Å². The van der Waals surface area contributed by atoms with Crippen molar-refractivity contribution >= 4 is 16.7 Å². The molecule has 2 aromatic rings. The highest BCUT2D eigenvalue weighted by atomic mass is 16.5. The normalized spacial score (nSPS) is 16.5. The summed E-state index contributed by atoms with van der Waals surface area (Å²) in [7, 11) is 3.44. The van der Waals surface area contributed by atoms with Gasteiger partial charge < -0.3 is 18.8 Å². The lowest BCUT2D eigenvalue weighted by molar-refractivity contribution is 0.397. The standard InChI is InChI=1S/C31H35N2O3/c1-34-26-10-9-11-27(35-2)31(26)30-24-14-12-22(32-16-5-3-6-17-32)20-28(24)36-29-21-23(13-15-25(29)30)33-18-7-4-8-19-33/h9-15,20-21H,3-8,16-19H2,1-2H3/q+1. The Morgan fingerprint density at radius 1 is 0.750 bits per heavy atom. The maximum Gasteiger partial charge on any atom is 0.203 e. The van der Waals surface area contributed by atoms with E-state index in [-0.39, 0.29) is 0 Å². The van der Waals surface area contributed by atoms with Crippen molar-refractivity contribution in [3.05, 3.63) is 60.0 Å². The van der Waals surface area contributed by atoms with E-state index >= 15 is 0 Å². The number of benzene rings is 3. The predicted molar refractivity (Wildman–Crippen MR) is 146 cm³/mol. The Hall–Kier alpha value is -3.47. The molecule has 2 fully saturated rings. The summed E-state index contributed by atoms with van der Waals surface area (Å²) in [5.41, 5.74) is 5.25. The maximum atomic E-state index is 6.68. The van der Waals surface area contributed by atoms with Crippen molar-refractivity contribution in [3.63, 3.8) is 0 Å². The molecular weight excluding hydrogens is 448 g/mol. The van der Waals surface area contributed by atoms with Gasteiger partial charge in [0, 0.05) is 60.3 Å². The summed E-state index contributed by atoms with van der Waals surface area (Å²) in [5.74, 6) is 2.48. The molecule has 6 rings (SSSR count). The summed E-state index contributed by atoms with van der Waals surface area (Å²) in [6.45, 7) is 4.41. The minimum Gasteiger partial charge on any atom is -0.496 e. The van der Waals surface area contributed by atoms with Gasteiger partial charge >= 0.3 is 0 Å². The lowest BCUT2D eigenvalue weighted by Crippen LogP contribution is -2.34. The van der Waals surface area contributed by atoms with Gasteiger partial charge in [0.25, 0.3) is 0 Å². The van der Waals surface area contributed by atoms with Gasteiger partial charge in [-0.15, -0.1) is 0 Å². The molecule has 0 N–H and O–H groups in total. The molecule has 5 nitrogen and oxygen atoms in total. The van der Waals surface area contributed by atoms with Crippen LogP contribution in [0.2, 0.25) is 0 Å². The zero-order chi connectivity index (χ0) is 24.5. The van der Waals surface area contributed by atoms with E-state index < -0.39 is 0 Å². The van der Waals surface area contributed by atoms with E-state index in [1.165, 1.54) is 49.6 Å². The van der Waals surface area contributed by atoms with Crippen LogP contribution in [0, 0.1) is 0 Å². The second-order valence-corrected chi connectivity index (χ2v) is 9.97. The third-order valence-corrected chi connectivity index (χ3v) is 7.81. The molecule has 0 radical (unpaired) electrons. The van der Waals surface area contributed by atoms with Crippen LogP contribution >= 0.6 is 0 Å². The van der Waals surface area contributed by atoms with Crippen LogP contribution in [-0.4, -0.2) is 40.4 Å². The number of ether oxygens (including phenoxy) is 2. The largest absolute Gasteiger partial charge is 0.496 e. The summed E-state index contributed by atoms with van der Waals surface area (Å²) in [6.07, 6.45) is 7.61. The number of hydrogen-bond acceptors (Lipinski definition) is 4. The predicted octanol–water partition coefficient (Wildman–Crippen LogP) is 6.17. The Balaban J connectivity index is 1.65. The molecular formula is C31H35N2O3+. The molecule has 0 spiro atoms. The van der Waals surface area contributed by atoms with Crippen molar-refractivity contribution < 1.29 is 13.9 Å². The first-order valence-corrected chi connectivity index (χ1v) is 13.3. The highest BCUT2D eigenvalue weighted by Gasteiger charge is 2.25. The molecule has 0 atom stereocenters. The summed E-state index contributed by atoms with van der Waals surface area (Å²) in [5, 5.41) is 2.30. The van der Waals surface area contributed by atoms with Gasteiger partial charge in [-0.3, -0.25) is 0 Å². The van der Waals surface area contributed by atoms with Crippen molar-refractivity contribution in [1.29, 1.82) is 0 Å². The molecule has 0 unspecified atom stereocenters. The summed E-state index contributed by atoms with van der Waals surface area (Å²) >= 11 is 0. The number of hydrogen-bond donors (Lipinski definition) is 0. The van der Waals surface area contributed by atoms with Crippen molar-refractivity contribution in [1.82, 2.24) is 4.58 Å². The van der Waals surface area contributed by atoms with Gasteiger partial charge in [-0.25, -0.2) is 4.58 Å². The van der Waals surface area contributed by atoms with Gasteiger partial charge in [-0.2, -0.15) is 0 Å². The Bertz CT molecular complexity index is 1400. The second kappa shape index (κ2) is 9.88. The third-order valence-electron chi connectivity index (χ3n) is 7.81. The van der Waals surface area contributed by atoms with E-state index in [0.29, 0.717) is 0 Å². The Kier molecular flexibility index (Phi) is 6.30. The Labute approximate surface area is 212 Å². The van der Waals surface area contributed by atoms with Crippen LogP contribution in [0.1, 0.15) is 38.5 Å². The van der Waals surface area contributed by atoms with E-state index in [1.54, 1.807) is 14.2 Å². The first kappa shape index (κ1) is 23.0. The van der Waals surface area contributed by atoms with Crippen molar-refractivity contribution in [2.75, 3.05) is 45.3 Å². The van der Waals surface area contributed by atoms with E-state index in [1.807, 2.05) is 18.2 Å². The van der Waals surface area contributed by atoms with Gasteiger partial charge in [-0.05, 0) is 56.0 Å². The molecule has 3 aliphatic heterocycles. The van der Waals surface area contributed by atoms with Crippen LogP contribution in [0.4, 0.5) is 5.69 Å². The van der Waals surface area contributed by atoms with Gasteiger partial charge in [0.2, 0.25) is 5.36 Å². The van der Waals surface area contributed by atoms with Crippen molar-refractivity contribution in [3.8, 4) is 33.9 Å². The molecule has 5 heteroatoms. The molecule has 2 aromatic carbocycles. The minimum atomic E-state index is 0.795. The van der Waals surface area contributed by atoms with Crippen LogP contribution in [0.3, 0.4) is 0 Å². The average Bonchev–Trinajstić information content (AvgIpc) is 2.95. The first-order valence-electron chi connectivity index (χ1n) is 13.3. The van der Waals surface area contributed by atoms with Gasteiger partial charge in [-0.1, -0.05) is 6.07 Å². The van der Waals surface area contributed by atoms with E-state index in [9.17, 15) is 0 Å². The quantitative estimate of drug-likeness (QED) is 0.257. The zero-order valence-electron chi connectivity index (χ0n) is 21.4. The highest BCUT2D eigenvalue weighted by Crippen LogP contribution is 2.47. The number of fused-ring (bicyclic) bond motifs is 2. The number of rotatable bonds is 4. The van der Waals surface area contributed by atoms with Crippen LogP contribution in [0.25, 0.3) is 33.4 Å². The first-order chi connectivity index (χ1) is 17.8. The zero-order valence-corrected chi connectivity index (χ0v) is 21.4. The minimum absolute atomic E-state index is 0.795. The highest BCUT2D eigenvalue weighted by molar-refractivity contribution is 6.05. The van der Waals surface area contributed by atoms with Gasteiger partial charge in [0.05, 0.1) is 25.8 Å². The van der Waals surface area contributed by atoms with Crippen molar-refractivity contribution in [2.24, 2.45) is 0 Å². The molecule has 36 heavy (non-hydrogen) atoms. The van der Waals surface area contributed by atoms with Crippen LogP contribution in [-0.2, 0) is 0 Å². The van der Waals surface area contributed by atoms with Crippen LogP contribution in [0.5, 0.6) is 11.5 Å². The second-order valence-electron chi connectivity index (χ2n) is 9.97. The summed E-state index contributed by atoms with van der Waals surface area (Å²) in [6, 6.07) is 19.3. The average molecular weight is 484 g/mol. The summed E-state index contributed by atoms with van der Waals surface area (Å²) < 4.78 is 20.9. The molecule has 2 saturated heterocycles. The third kappa shape index (κ3) is 4.11. The Morgan fingerprint density at radius 2 is 1.47 bits per heavy atom. The van der Waals surface area contributed by atoms with E-state index in [0.717, 1.165) is 71.1 Å². The molecule has 1 aliphatic carbocycles. The number of anilines is 1. The lowest BCUT2D eigenvalue weighted by Gasteiger charge is -2.29. The number of piperidine rings is 2. The lowest BCUT2D eigenvalue weighted by atomic mass is 9.92. The fraction of sp³-hybridized carbons (Fsp3) is 0.387. The van der Waals surface area contributed by atoms with E-state index in [2.05, 4.69) is 45.9 Å². The molecule has 4 aliphatic rings. The SMILES string of the molecule is COc1cccc(OC)c1-c1c2ccc(=[N+]3CCCCC3)cc-2oc2cc(N3CCCCC3)ccc12. The Morgan fingerprint density at radius 3 is 2.19 bits per heavy atom. The topological polar surface area (TPSA) is 37.9 Å². The maximum absolute atomic E-state index is 6.68. The molecule has 3 heterocycles. The molecule has 0 bridgehead atoms. The van der Waals surface area contributed by atoms with Crippen LogP contribution in [0.15, 0.2) is 59.0 Å². The van der Waals surface area contributed by atoms with Crippen LogP contribution < -0.4 is 24.3 Å². The summed E-state index contributed by atoms with van der Waals surface area (Å²) in [4.78, 5) is 2.48. The smallest absolute Gasteiger partial charge is 0.203 e. The number of methoxy groups -OCH3 is 2. The van der Waals surface area contributed by atoms with Gasteiger partial charge in [0.15, 0.2) is 0 Å². The molecule has 186 valence electrons. The van der Waals surface area contributed by atoms with Gasteiger partial charge in [0.1, 0.15) is 35.9 Å².